The first-order valence-corrected chi connectivity index (χ1v) is 9.43. The van der Waals surface area contributed by atoms with Gasteiger partial charge in [-0.3, -0.25) is 4.79 Å². The van der Waals surface area contributed by atoms with Crippen LogP contribution >= 0.6 is 11.6 Å². The molecule has 8 nitrogen and oxygen atoms in total. The lowest BCUT2D eigenvalue weighted by Crippen LogP contribution is -2.26. The molecule has 2 heterocycles. The summed E-state index contributed by atoms with van der Waals surface area (Å²) in [4.78, 5) is 17.2. The van der Waals surface area contributed by atoms with Gasteiger partial charge in [0.25, 0.3) is 5.91 Å². The molecule has 0 unspecified atom stereocenters. The molecule has 0 aliphatic rings. The van der Waals surface area contributed by atoms with Crippen molar-refractivity contribution in [3.8, 4) is 5.69 Å². The Kier molecular flexibility index (Phi) is 5.62. The highest BCUT2D eigenvalue weighted by molar-refractivity contribution is 6.31. The normalized spacial score (nSPS) is 10.8. The standard InChI is InChI=1S/C20H18ClN7O/c21-16-6-7-18(28-14-24-25-26-28)17(12-16)20(29)23-13-19-22-9-11-27(19)10-8-15-4-2-1-3-5-15/h1-7,9,11-12,14H,8,10,13H2,(H,23,29). The van der Waals surface area contributed by atoms with Gasteiger partial charge in [-0.1, -0.05) is 41.9 Å². The lowest BCUT2D eigenvalue weighted by atomic mass is 10.1. The molecule has 0 saturated heterocycles. The second kappa shape index (κ2) is 8.66. The summed E-state index contributed by atoms with van der Waals surface area (Å²) in [5.41, 5.74) is 2.18. The number of imidazole rings is 1. The predicted octanol–water partition coefficient (Wildman–Crippen LogP) is 2.68. The van der Waals surface area contributed by atoms with Crippen LogP contribution in [0.1, 0.15) is 21.7 Å². The third kappa shape index (κ3) is 4.49. The summed E-state index contributed by atoms with van der Waals surface area (Å²) in [7, 11) is 0. The molecule has 0 atom stereocenters. The van der Waals surface area contributed by atoms with Gasteiger partial charge in [-0.2, -0.15) is 4.68 Å². The van der Waals surface area contributed by atoms with Crippen molar-refractivity contribution in [1.29, 1.82) is 0 Å². The summed E-state index contributed by atoms with van der Waals surface area (Å²) in [5, 5.41) is 14.5. The molecule has 0 aliphatic carbocycles. The van der Waals surface area contributed by atoms with Gasteiger partial charge < -0.3 is 9.88 Å². The number of amides is 1. The molecule has 4 aromatic rings. The largest absolute Gasteiger partial charge is 0.345 e. The van der Waals surface area contributed by atoms with E-state index in [0.717, 1.165) is 18.8 Å². The molecule has 0 fully saturated rings. The molecule has 1 N–H and O–H groups in total. The summed E-state index contributed by atoms with van der Waals surface area (Å²) in [6.07, 6.45) is 5.96. The maximum atomic E-state index is 12.8. The summed E-state index contributed by atoms with van der Waals surface area (Å²) in [6, 6.07) is 15.2. The molecule has 29 heavy (non-hydrogen) atoms. The van der Waals surface area contributed by atoms with Crippen molar-refractivity contribution in [2.45, 2.75) is 19.5 Å². The van der Waals surface area contributed by atoms with Gasteiger partial charge in [0.05, 0.1) is 17.8 Å². The van der Waals surface area contributed by atoms with E-state index in [0.29, 0.717) is 22.8 Å². The molecule has 2 aromatic carbocycles. The van der Waals surface area contributed by atoms with Crippen molar-refractivity contribution >= 4 is 17.5 Å². The number of nitrogens with one attached hydrogen (secondary N) is 1. The lowest BCUT2D eigenvalue weighted by molar-refractivity contribution is 0.0949. The fraction of sp³-hybridized carbons (Fsp3) is 0.150. The molecule has 0 radical (unpaired) electrons. The van der Waals surface area contributed by atoms with Crippen LogP contribution in [-0.2, 0) is 19.5 Å². The first kappa shape index (κ1) is 18.8. The number of benzene rings is 2. The smallest absolute Gasteiger partial charge is 0.253 e. The molecule has 0 bridgehead atoms. The van der Waals surface area contributed by atoms with Crippen LogP contribution in [0, 0.1) is 0 Å². The fourth-order valence-corrected chi connectivity index (χ4v) is 3.19. The van der Waals surface area contributed by atoms with E-state index < -0.39 is 0 Å². The number of aryl methyl sites for hydroxylation is 2. The van der Waals surface area contributed by atoms with Crippen molar-refractivity contribution in [1.82, 2.24) is 35.1 Å². The highest BCUT2D eigenvalue weighted by Gasteiger charge is 2.15. The second-order valence-electron chi connectivity index (χ2n) is 6.37. The number of rotatable bonds is 7. The number of hydrogen-bond acceptors (Lipinski definition) is 5. The van der Waals surface area contributed by atoms with Gasteiger partial charge in [0.1, 0.15) is 12.2 Å². The third-order valence-electron chi connectivity index (χ3n) is 4.49. The highest BCUT2D eigenvalue weighted by atomic mass is 35.5. The Bertz CT molecular complexity index is 1090. The van der Waals surface area contributed by atoms with Gasteiger partial charge in [0, 0.05) is 24.0 Å². The minimum atomic E-state index is -0.282. The van der Waals surface area contributed by atoms with E-state index in [4.69, 9.17) is 11.6 Å². The van der Waals surface area contributed by atoms with Crippen LogP contribution in [0.4, 0.5) is 0 Å². The zero-order chi connectivity index (χ0) is 20.1. The fourth-order valence-electron chi connectivity index (χ4n) is 3.02. The molecule has 146 valence electrons. The lowest BCUT2D eigenvalue weighted by Gasteiger charge is -2.11. The van der Waals surface area contributed by atoms with Crippen molar-refractivity contribution in [3.63, 3.8) is 0 Å². The van der Waals surface area contributed by atoms with Crippen molar-refractivity contribution in [2.75, 3.05) is 0 Å². The number of aromatic nitrogens is 6. The molecule has 9 heteroatoms. The molecular weight excluding hydrogens is 390 g/mol. The number of hydrogen-bond donors (Lipinski definition) is 1. The van der Waals surface area contributed by atoms with Crippen LogP contribution in [0.25, 0.3) is 5.69 Å². The van der Waals surface area contributed by atoms with Gasteiger partial charge >= 0.3 is 0 Å². The van der Waals surface area contributed by atoms with Gasteiger partial charge in [0.15, 0.2) is 0 Å². The molecular formula is C20H18ClN7O. The molecule has 4 rings (SSSR count). The average molecular weight is 408 g/mol. The number of halogens is 1. The molecule has 1 amide bonds. The quantitative estimate of drug-likeness (QED) is 0.508. The number of tetrazole rings is 1. The highest BCUT2D eigenvalue weighted by Crippen LogP contribution is 2.19. The van der Waals surface area contributed by atoms with E-state index in [9.17, 15) is 4.79 Å². The Morgan fingerprint density at radius 2 is 2.00 bits per heavy atom. The summed E-state index contributed by atoms with van der Waals surface area (Å²) < 4.78 is 3.46. The zero-order valence-corrected chi connectivity index (χ0v) is 16.2. The van der Waals surface area contributed by atoms with E-state index in [-0.39, 0.29) is 5.91 Å². The Balaban J connectivity index is 1.45. The average Bonchev–Trinajstić information content (AvgIpc) is 3.43. The zero-order valence-electron chi connectivity index (χ0n) is 15.4. The Morgan fingerprint density at radius 3 is 2.79 bits per heavy atom. The maximum absolute atomic E-state index is 12.8. The van der Waals surface area contributed by atoms with E-state index >= 15 is 0 Å². The van der Waals surface area contributed by atoms with Crippen LogP contribution in [0.2, 0.25) is 5.02 Å². The summed E-state index contributed by atoms with van der Waals surface area (Å²) in [6.45, 7) is 1.07. The third-order valence-corrected chi connectivity index (χ3v) is 4.73. The van der Waals surface area contributed by atoms with Gasteiger partial charge in [-0.15, -0.1) is 5.10 Å². The first-order chi connectivity index (χ1) is 14.2. The van der Waals surface area contributed by atoms with Gasteiger partial charge in [0.2, 0.25) is 0 Å². The van der Waals surface area contributed by atoms with Gasteiger partial charge in [-0.05, 0) is 40.6 Å². The van der Waals surface area contributed by atoms with Gasteiger partial charge in [-0.25, -0.2) is 4.98 Å². The topological polar surface area (TPSA) is 90.5 Å². The summed E-state index contributed by atoms with van der Waals surface area (Å²) in [5.74, 6) is 0.496. The van der Waals surface area contributed by atoms with E-state index in [2.05, 4.69) is 38.0 Å². The minimum absolute atomic E-state index is 0.282. The van der Waals surface area contributed by atoms with Crippen LogP contribution < -0.4 is 5.32 Å². The molecule has 0 saturated carbocycles. The Labute approximate surface area is 172 Å². The Morgan fingerprint density at radius 1 is 1.14 bits per heavy atom. The number of nitrogens with zero attached hydrogens (tertiary/aromatic N) is 6. The predicted molar refractivity (Wildman–Crippen MR) is 108 cm³/mol. The minimum Gasteiger partial charge on any atom is -0.345 e. The number of carbonyl (C=O) groups excluding carboxylic acids is 1. The Hall–Kier alpha value is -3.52. The van der Waals surface area contributed by atoms with E-state index in [1.54, 1.807) is 24.4 Å². The second-order valence-corrected chi connectivity index (χ2v) is 6.81. The van der Waals surface area contributed by atoms with Crippen LogP contribution in [0.5, 0.6) is 0 Å². The number of carbonyl (C=O) groups is 1. The van der Waals surface area contributed by atoms with Crippen LogP contribution in [0.15, 0.2) is 67.3 Å². The van der Waals surface area contributed by atoms with Crippen molar-refractivity contribution in [3.05, 3.63) is 89.2 Å². The van der Waals surface area contributed by atoms with E-state index in [1.807, 2.05) is 29.0 Å². The first-order valence-electron chi connectivity index (χ1n) is 9.06. The van der Waals surface area contributed by atoms with Crippen LogP contribution in [-0.4, -0.2) is 35.7 Å². The van der Waals surface area contributed by atoms with E-state index in [1.165, 1.54) is 16.6 Å². The van der Waals surface area contributed by atoms with Crippen molar-refractivity contribution in [2.24, 2.45) is 0 Å². The summed E-state index contributed by atoms with van der Waals surface area (Å²) >= 11 is 6.09. The maximum Gasteiger partial charge on any atom is 0.253 e. The molecule has 0 spiro atoms. The molecule has 0 aliphatic heterocycles. The van der Waals surface area contributed by atoms with Crippen molar-refractivity contribution < 1.29 is 4.79 Å². The molecule has 2 aromatic heterocycles. The SMILES string of the molecule is O=C(NCc1nccn1CCc1ccccc1)c1cc(Cl)ccc1-n1cnnn1. The monoisotopic (exact) mass is 407 g/mol. The van der Waals surface area contributed by atoms with Crippen LogP contribution in [0.3, 0.4) is 0 Å².